The molecule has 0 aromatic heterocycles. The third-order valence-corrected chi connectivity index (χ3v) is 4.92. The van der Waals surface area contributed by atoms with Gasteiger partial charge in [-0.25, -0.2) is 4.39 Å². The number of hydrogen-bond acceptors (Lipinski definition) is 6. The van der Waals surface area contributed by atoms with Crippen LogP contribution in [0.25, 0.3) is 0 Å². The molecule has 0 fully saturated rings. The first-order valence-electron chi connectivity index (χ1n) is 7.54. The van der Waals surface area contributed by atoms with Gasteiger partial charge in [-0.05, 0) is 42.8 Å². The molecule has 0 aliphatic carbocycles. The highest BCUT2D eigenvalue weighted by molar-refractivity contribution is 9.10. The van der Waals surface area contributed by atoms with Gasteiger partial charge in [-0.3, -0.25) is 19.7 Å². The van der Waals surface area contributed by atoms with Crippen LogP contribution in [0, 0.1) is 22.9 Å². The van der Waals surface area contributed by atoms with Gasteiger partial charge in [0.05, 0.1) is 16.7 Å². The van der Waals surface area contributed by atoms with Crippen LogP contribution in [-0.4, -0.2) is 29.2 Å². The van der Waals surface area contributed by atoms with Gasteiger partial charge in [-0.1, -0.05) is 15.9 Å². The Bertz CT molecular complexity index is 894. The fourth-order valence-corrected chi connectivity index (χ4v) is 3.33. The number of hydrogen-bond donors (Lipinski definition) is 1. The van der Waals surface area contributed by atoms with E-state index in [2.05, 4.69) is 21.2 Å². The molecule has 0 aliphatic heterocycles. The summed E-state index contributed by atoms with van der Waals surface area (Å²) in [7, 11) is 0. The van der Waals surface area contributed by atoms with Gasteiger partial charge in [0.2, 0.25) is 0 Å². The maximum absolute atomic E-state index is 13.1. The lowest BCUT2D eigenvalue weighted by Gasteiger charge is -2.08. The minimum Gasteiger partial charge on any atom is -0.455 e. The molecule has 2 rings (SSSR count). The molecule has 142 valence electrons. The van der Waals surface area contributed by atoms with E-state index in [1.807, 2.05) is 25.1 Å². The average Bonchev–Trinajstić information content (AvgIpc) is 2.60. The highest BCUT2D eigenvalue weighted by Crippen LogP contribution is 2.26. The third kappa shape index (κ3) is 6.33. The molecule has 10 heteroatoms. The van der Waals surface area contributed by atoms with Crippen molar-refractivity contribution in [2.45, 2.75) is 11.8 Å². The van der Waals surface area contributed by atoms with Crippen molar-refractivity contribution in [2.75, 3.05) is 17.7 Å². The molecule has 7 nitrogen and oxygen atoms in total. The molecule has 27 heavy (non-hydrogen) atoms. The summed E-state index contributed by atoms with van der Waals surface area (Å²) in [6.07, 6.45) is 0. The van der Waals surface area contributed by atoms with Gasteiger partial charge in [0, 0.05) is 9.37 Å². The van der Waals surface area contributed by atoms with Crippen molar-refractivity contribution in [1.82, 2.24) is 0 Å². The van der Waals surface area contributed by atoms with E-state index >= 15 is 0 Å². The first kappa shape index (κ1) is 20.8. The number of nitro benzene ring substituents is 1. The van der Waals surface area contributed by atoms with E-state index in [9.17, 15) is 24.1 Å². The van der Waals surface area contributed by atoms with E-state index in [0.29, 0.717) is 6.07 Å². The van der Waals surface area contributed by atoms with Crippen molar-refractivity contribution in [3.05, 3.63) is 62.4 Å². The monoisotopic (exact) mass is 456 g/mol. The number of amides is 1. The van der Waals surface area contributed by atoms with Crippen molar-refractivity contribution in [2.24, 2.45) is 0 Å². The number of carbonyl (C=O) groups is 2. The third-order valence-electron chi connectivity index (χ3n) is 3.28. The standard InChI is InChI=1S/C17H14BrFN2O5S/c1-10-6-11(18)2-5-15(10)27-9-17(23)26-8-16(22)20-13-4-3-12(19)7-14(13)21(24)25/h2-7H,8-9H2,1H3,(H,20,22). The Hall–Kier alpha value is -2.46. The molecule has 1 N–H and O–H groups in total. The second-order valence-corrected chi connectivity index (χ2v) is 7.26. The first-order chi connectivity index (χ1) is 12.8. The fourth-order valence-electron chi connectivity index (χ4n) is 2.05. The Kier molecular flexibility index (Phi) is 7.31. The molecular formula is C17H14BrFN2O5S. The van der Waals surface area contributed by atoms with Crippen LogP contribution in [0.2, 0.25) is 0 Å². The number of halogens is 2. The lowest BCUT2D eigenvalue weighted by atomic mass is 10.2. The molecule has 0 radical (unpaired) electrons. The van der Waals surface area contributed by atoms with Crippen molar-refractivity contribution in [3.8, 4) is 0 Å². The summed E-state index contributed by atoms with van der Waals surface area (Å²) in [4.78, 5) is 34.6. The number of benzene rings is 2. The predicted octanol–water partition coefficient (Wildman–Crippen LogP) is 4.08. The largest absolute Gasteiger partial charge is 0.455 e. The number of thioether (sulfide) groups is 1. The number of nitro groups is 1. The number of nitrogens with one attached hydrogen (secondary N) is 1. The van der Waals surface area contributed by atoms with Crippen molar-refractivity contribution in [1.29, 1.82) is 0 Å². The van der Waals surface area contributed by atoms with Crippen LogP contribution < -0.4 is 5.32 Å². The second-order valence-electron chi connectivity index (χ2n) is 5.33. The van der Waals surface area contributed by atoms with E-state index in [0.717, 1.165) is 27.1 Å². The molecular weight excluding hydrogens is 443 g/mol. The summed E-state index contributed by atoms with van der Waals surface area (Å²) < 4.78 is 18.9. The summed E-state index contributed by atoms with van der Waals surface area (Å²) >= 11 is 4.62. The van der Waals surface area contributed by atoms with Gasteiger partial charge in [0.15, 0.2) is 6.61 Å². The van der Waals surface area contributed by atoms with E-state index in [-0.39, 0.29) is 11.4 Å². The minimum absolute atomic E-state index is 0.00640. The Morgan fingerprint density at radius 3 is 2.70 bits per heavy atom. The maximum Gasteiger partial charge on any atom is 0.316 e. The number of carbonyl (C=O) groups excluding carboxylic acids is 2. The highest BCUT2D eigenvalue weighted by Gasteiger charge is 2.18. The molecule has 2 aromatic rings. The number of aryl methyl sites for hydroxylation is 1. The van der Waals surface area contributed by atoms with Gasteiger partial charge >= 0.3 is 5.97 Å². The Balaban J connectivity index is 1.85. The van der Waals surface area contributed by atoms with Crippen molar-refractivity contribution in [3.63, 3.8) is 0 Å². The number of anilines is 1. The molecule has 0 saturated heterocycles. The Labute approximate surface area is 166 Å². The number of ether oxygens (including phenoxy) is 1. The molecule has 1 amide bonds. The Morgan fingerprint density at radius 1 is 1.30 bits per heavy atom. The summed E-state index contributed by atoms with van der Waals surface area (Å²) in [5.41, 5.74) is 0.224. The number of nitrogens with zero attached hydrogens (tertiary/aromatic N) is 1. The number of esters is 1. The minimum atomic E-state index is -0.818. The van der Waals surface area contributed by atoms with Crippen LogP contribution in [0.1, 0.15) is 5.56 Å². The zero-order valence-corrected chi connectivity index (χ0v) is 16.4. The first-order valence-corrected chi connectivity index (χ1v) is 9.32. The van der Waals surface area contributed by atoms with Crippen LogP contribution in [0.15, 0.2) is 45.8 Å². The molecule has 2 aromatic carbocycles. The van der Waals surface area contributed by atoms with Gasteiger partial charge < -0.3 is 10.1 Å². The fraction of sp³-hybridized carbons (Fsp3) is 0.176. The van der Waals surface area contributed by atoms with E-state index in [1.165, 1.54) is 11.8 Å². The lowest BCUT2D eigenvalue weighted by molar-refractivity contribution is -0.384. The van der Waals surface area contributed by atoms with E-state index in [4.69, 9.17) is 4.74 Å². The molecule has 0 unspecified atom stereocenters. The zero-order valence-electron chi connectivity index (χ0n) is 14.0. The van der Waals surface area contributed by atoms with Crippen LogP contribution in [-0.2, 0) is 14.3 Å². The lowest BCUT2D eigenvalue weighted by Crippen LogP contribution is -2.22. The van der Waals surface area contributed by atoms with E-state index < -0.39 is 34.9 Å². The summed E-state index contributed by atoms with van der Waals surface area (Å²) in [5.74, 6) is -2.16. The molecule has 0 spiro atoms. The quantitative estimate of drug-likeness (QED) is 0.291. The molecule has 0 saturated carbocycles. The van der Waals surface area contributed by atoms with Crippen LogP contribution in [0.5, 0.6) is 0 Å². The molecule has 0 bridgehead atoms. The van der Waals surface area contributed by atoms with Gasteiger partial charge in [-0.15, -0.1) is 11.8 Å². The highest BCUT2D eigenvalue weighted by atomic mass is 79.9. The second kappa shape index (κ2) is 9.47. The summed E-state index contributed by atoms with van der Waals surface area (Å²) in [6.45, 7) is 1.30. The molecule has 0 atom stereocenters. The maximum atomic E-state index is 13.1. The zero-order chi connectivity index (χ0) is 20.0. The van der Waals surface area contributed by atoms with Crippen molar-refractivity contribution >= 4 is 50.9 Å². The van der Waals surface area contributed by atoms with Crippen LogP contribution in [0.3, 0.4) is 0 Å². The smallest absolute Gasteiger partial charge is 0.316 e. The van der Waals surface area contributed by atoms with Gasteiger partial charge in [0.1, 0.15) is 11.5 Å². The van der Waals surface area contributed by atoms with Gasteiger partial charge in [-0.2, -0.15) is 0 Å². The predicted molar refractivity (Wildman–Crippen MR) is 102 cm³/mol. The summed E-state index contributed by atoms with van der Waals surface area (Å²) in [5, 5.41) is 13.1. The van der Waals surface area contributed by atoms with Crippen molar-refractivity contribution < 1.29 is 23.6 Å². The van der Waals surface area contributed by atoms with Crippen LogP contribution in [0.4, 0.5) is 15.8 Å². The van der Waals surface area contributed by atoms with E-state index in [1.54, 1.807) is 0 Å². The average molecular weight is 457 g/mol. The molecule has 0 aliphatic rings. The molecule has 0 heterocycles. The SMILES string of the molecule is Cc1cc(Br)ccc1SCC(=O)OCC(=O)Nc1ccc(F)cc1[N+](=O)[O-]. The Morgan fingerprint density at radius 2 is 2.04 bits per heavy atom. The van der Waals surface area contributed by atoms with Gasteiger partial charge in [0.25, 0.3) is 11.6 Å². The summed E-state index contributed by atoms with van der Waals surface area (Å²) in [6, 6.07) is 8.36. The van der Waals surface area contributed by atoms with Crippen LogP contribution >= 0.6 is 27.7 Å². The normalized spacial score (nSPS) is 10.3. The topological polar surface area (TPSA) is 98.5 Å². The number of rotatable bonds is 7.